The van der Waals surface area contributed by atoms with E-state index >= 15 is 0 Å². The normalized spacial score (nSPS) is 16.7. The van der Waals surface area contributed by atoms with Gasteiger partial charge in [0.25, 0.3) is 5.91 Å². The molecule has 1 amide bonds. The van der Waals surface area contributed by atoms with E-state index in [0.29, 0.717) is 15.7 Å². The third-order valence-corrected chi connectivity index (χ3v) is 6.09. The van der Waals surface area contributed by atoms with Gasteiger partial charge in [0, 0.05) is 11.6 Å². The van der Waals surface area contributed by atoms with Crippen LogP contribution in [0.3, 0.4) is 0 Å². The Morgan fingerprint density at radius 2 is 1.90 bits per heavy atom. The van der Waals surface area contributed by atoms with Gasteiger partial charge in [-0.05, 0) is 29.3 Å². The summed E-state index contributed by atoms with van der Waals surface area (Å²) < 4.78 is 0. The molecule has 0 saturated carbocycles. The largest absolute Gasteiger partial charge is 0.503 e. The van der Waals surface area contributed by atoms with Crippen molar-refractivity contribution in [1.29, 1.82) is 0 Å². The van der Waals surface area contributed by atoms with Crippen LogP contribution in [0.5, 0.6) is 0 Å². The Bertz CT molecular complexity index is 1170. The second-order valence-electron chi connectivity index (χ2n) is 6.44. The minimum Gasteiger partial charge on any atom is -0.503 e. The number of carbonyl (C=O) groups excluding carboxylic acids is 2. The lowest BCUT2D eigenvalue weighted by molar-refractivity contribution is -0.117. The third kappa shape index (κ3) is 3.77. The van der Waals surface area contributed by atoms with Crippen LogP contribution in [0.25, 0.3) is 6.08 Å². The second-order valence-corrected chi connectivity index (χ2v) is 8.12. The average Bonchev–Trinajstić information content (AvgIpc) is 3.36. The molecule has 30 heavy (non-hydrogen) atoms. The number of carbonyl (C=O) groups is 2. The molecule has 2 aromatic carbocycles. The molecule has 0 radical (unpaired) electrons. The first-order valence-corrected chi connectivity index (χ1v) is 10.5. The number of nitrogens with zero attached hydrogens (tertiary/aromatic N) is 2. The van der Waals surface area contributed by atoms with Crippen molar-refractivity contribution in [3.63, 3.8) is 0 Å². The van der Waals surface area contributed by atoms with E-state index in [9.17, 15) is 14.7 Å². The summed E-state index contributed by atoms with van der Waals surface area (Å²) in [5.41, 5.74) is 1.31. The van der Waals surface area contributed by atoms with E-state index in [1.165, 1.54) is 22.3 Å². The SMILES string of the molecule is O=C(/C=C/c1ccccc1)C1=C(O)C(=O)N(c2nccs2)C1c1ccc(Cl)c(Cl)c1. The topological polar surface area (TPSA) is 70.5 Å². The Kier molecular flexibility index (Phi) is 5.72. The molecular formula is C22H14Cl2N2O3S. The summed E-state index contributed by atoms with van der Waals surface area (Å²) in [6.07, 6.45) is 4.51. The summed E-state index contributed by atoms with van der Waals surface area (Å²) in [4.78, 5) is 31.4. The number of aliphatic hydroxyl groups is 1. The summed E-state index contributed by atoms with van der Waals surface area (Å²) in [5, 5.41) is 13.3. The molecule has 8 heteroatoms. The van der Waals surface area contributed by atoms with Crippen LogP contribution < -0.4 is 4.90 Å². The quantitative estimate of drug-likeness (QED) is 0.504. The molecule has 150 valence electrons. The Morgan fingerprint density at radius 3 is 2.57 bits per heavy atom. The number of benzene rings is 2. The van der Waals surface area contributed by atoms with Gasteiger partial charge in [0.2, 0.25) is 0 Å². The van der Waals surface area contributed by atoms with Crippen molar-refractivity contribution in [2.45, 2.75) is 6.04 Å². The number of anilines is 1. The summed E-state index contributed by atoms with van der Waals surface area (Å²) in [6.45, 7) is 0. The lowest BCUT2D eigenvalue weighted by Crippen LogP contribution is -2.30. The number of halogens is 2. The van der Waals surface area contributed by atoms with Crippen molar-refractivity contribution in [3.8, 4) is 0 Å². The molecule has 0 bridgehead atoms. The van der Waals surface area contributed by atoms with Gasteiger partial charge in [0.05, 0.1) is 21.7 Å². The number of allylic oxidation sites excluding steroid dienone is 1. The molecule has 0 aliphatic carbocycles. The van der Waals surface area contributed by atoms with Crippen LogP contribution in [-0.2, 0) is 9.59 Å². The van der Waals surface area contributed by atoms with Crippen molar-refractivity contribution in [3.05, 3.63) is 98.7 Å². The number of ketones is 1. The van der Waals surface area contributed by atoms with Gasteiger partial charge in [0.1, 0.15) is 0 Å². The standard InChI is InChI=1S/C22H14Cl2N2O3S/c23-15-8-7-14(12-16(15)24)19-18(17(27)9-6-13-4-2-1-3-5-13)20(28)21(29)26(19)22-25-10-11-30-22/h1-12,19,28H/b9-6+. The number of amides is 1. The molecule has 0 saturated heterocycles. The van der Waals surface area contributed by atoms with E-state index in [1.807, 2.05) is 30.3 Å². The van der Waals surface area contributed by atoms with E-state index < -0.39 is 23.5 Å². The molecule has 4 rings (SSSR count). The van der Waals surface area contributed by atoms with Crippen LogP contribution in [0.15, 0.2) is 77.5 Å². The Hall–Kier alpha value is -2.93. The molecular weight excluding hydrogens is 443 g/mol. The molecule has 0 spiro atoms. The summed E-state index contributed by atoms with van der Waals surface area (Å²) in [6, 6.07) is 13.2. The van der Waals surface area contributed by atoms with E-state index in [-0.39, 0.29) is 10.6 Å². The monoisotopic (exact) mass is 456 g/mol. The maximum absolute atomic E-state index is 13.1. The lowest BCUT2D eigenvalue weighted by Gasteiger charge is -2.24. The Morgan fingerprint density at radius 1 is 1.13 bits per heavy atom. The van der Waals surface area contributed by atoms with Gasteiger partial charge >= 0.3 is 0 Å². The predicted octanol–water partition coefficient (Wildman–Crippen LogP) is 5.63. The summed E-state index contributed by atoms with van der Waals surface area (Å²) in [7, 11) is 0. The van der Waals surface area contributed by atoms with Crippen molar-refractivity contribution >= 4 is 57.4 Å². The van der Waals surface area contributed by atoms with Gasteiger partial charge in [-0.25, -0.2) is 4.98 Å². The predicted molar refractivity (Wildman–Crippen MR) is 119 cm³/mol. The molecule has 1 atom stereocenters. The lowest BCUT2D eigenvalue weighted by atomic mass is 9.96. The van der Waals surface area contributed by atoms with Gasteiger partial charge in [-0.15, -0.1) is 11.3 Å². The molecule has 1 aromatic heterocycles. The Labute approximate surface area is 186 Å². The maximum atomic E-state index is 13.1. The van der Waals surface area contributed by atoms with Crippen LogP contribution in [0.2, 0.25) is 10.0 Å². The molecule has 1 aliphatic rings. The van der Waals surface area contributed by atoms with Crippen LogP contribution in [0.4, 0.5) is 5.13 Å². The van der Waals surface area contributed by atoms with Crippen LogP contribution >= 0.6 is 34.5 Å². The minimum atomic E-state index is -0.883. The highest BCUT2D eigenvalue weighted by molar-refractivity contribution is 7.13. The number of aliphatic hydroxyl groups excluding tert-OH is 1. The smallest absolute Gasteiger partial charge is 0.296 e. The van der Waals surface area contributed by atoms with E-state index in [0.717, 1.165) is 5.56 Å². The third-order valence-electron chi connectivity index (χ3n) is 4.59. The van der Waals surface area contributed by atoms with Crippen molar-refractivity contribution in [2.24, 2.45) is 0 Å². The first kappa shape index (κ1) is 20.3. The van der Waals surface area contributed by atoms with Crippen molar-refractivity contribution in [1.82, 2.24) is 4.98 Å². The fourth-order valence-corrected chi connectivity index (χ4v) is 4.19. The number of hydrogen-bond acceptors (Lipinski definition) is 5. The zero-order valence-corrected chi connectivity index (χ0v) is 17.7. The van der Waals surface area contributed by atoms with Gasteiger partial charge in [0.15, 0.2) is 16.7 Å². The van der Waals surface area contributed by atoms with Gasteiger partial charge in [-0.1, -0.05) is 65.7 Å². The minimum absolute atomic E-state index is 0.0410. The molecule has 1 aliphatic heterocycles. The zero-order chi connectivity index (χ0) is 21.3. The number of hydrogen-bond donors (Lipinski definition) is 1. The van der Waals surface area contributed by atoms with Crippen molar-refractivity contribution < 1.29 is 14.7 Å². The highest BCUT2D eigenvalue weighted by Gasteiger charge is 2.45. The maximum Gasteiger partial charge on any atom is 0.296 e. The highest BCUT2D eigenvalue weighted by atomic mass is 35.5. The summed E-state index contributed by atoms with van der Waals surface area (Å²) >= 11 is 13.4. The molecule has 1 unspecified atom stereocenters. The van der Waals surface area contributed by atoms with Crippen LogP contribution in [0.1, 0.15) is 17.2 Å². The first-order valence-electron chi connectivity index (χ1n) is 8.86. The fraction of sp³-hybridized carbons (Fsp3) is 0.0455. The fourth-order valence-electron chi connectivity index (χ4n) is 3.21. The van der Waals surface area contributed by atoms with E-state index in [4.69, 9.17) is 23.2 Å². The highest BCUT2D eigenvalue weighted by Crippen LogP contribution is 2.42. The molecule has 1 N–H and O–H groups in total. The van der Waals surface area contributed by atoms with Gasteiger partial charge in [-0.3, -0.25) is 14.5 Å². The number of thiazole rings is 1. The number of aromatic nitrogens is 1. The van der Waals surface area contributed by atoms with Gasteiger partial charge in [-0.2, -0.15) is 0 Å². The van der Waals surface area contributed by atoms with E-state index in [2.05, 4.69) is 4.98 Å². The zero-order valence-electron chi connectivity index (χ0n) is 15.3. The second kappa shape index (κ2) is 8.44. The molecule has 0 fully saturated rings. The van der Waals surface area contributed by atoms with Crippen LogP contribution in [-0.4, -0.2) is 21.8 Å². The first-order chi connectivity index (χ1) is 14.5. The molecule has 3 aromatic rings. The Balaban J connectivity index is 1.79. The van der Waals surface area contributed by atoms with Gasteiger partial charge < -0.3 is 5.11 Å². The average molecular weight is 457 g/mol. The van der Waals surface area contributed by atoms with E-state index in [1.54, 1.807) is 35.9 Å². The molecule has 2 heterocycles. The van der Waals surface area contributed by atoms with Crippen molar-refractivity contribution in [2.75, 3.05) is 4.90 Å². The molecule has 5 nitrogen and oxygen atoms in total. The summed E-state index contributed by atoms with van der Waals surface area (Å²) in [5.74, 6) is -1.79. The number of rotatable bonds is 5. The van der Waals surface area contributed by atoms with Crippen LogP contribution in [0, 0.1) is 0 Å².